The van der Waals surface area contributed by atoms with Gasteiger partial charge in [-0.15, -0.1) is 21.5 Å². The summed E-state index contributed by atoms with van der Waals surface area (Å²) in [5.74, 6) is 0.815. The van der Waals surface area contributed by atoms with Crippen LogP contribution in [-0.2, 0) is 9.53 Å². The Hall–Kier alpha value is -3.37. The molecule has 3 aromatic heterocycles. The highest BCUT2D eigenvalue weighted by molar-refractivity contribution is 7.99. The number of ether oxygens (including phenoxy) is 1. The first kappa shape index (κ1) is 25.7. The number of nitrogens with zero attached hydrogens (tertiary/aromatic N) is 3. The zero-order chi connectivity index (χ0) is 26.0. The van der Waals surface area contributed by atoms with Gasteiger partial charge in [0.2, 0.25) is 5.91 Å². The highest BCUT2D eigenvalue weighted by Crippen LogP contribution is 2.38. The predicted octanol–water partition coefficient (Wildman–Crippen LogP) is 6.29. The lowest BCUT2D eigenvalue weighted by Crippen LogP contribution is -2.16. The van der Waals surface area contributed by atoms with Crippen LogP contribution in [0.4, 0.5) is 5.00 Å². The van der Waals surface area contributed by atoms with Gasteiger partial charge in [-0.1, -0.05) is 35.5 Å². The highest BCUT2D eigenvalue weighted by atomic mass is 32.2. The van der Waals surface area contributed by atoms with Crippen LogP contribution in [0.3, 0.4) is 0 Å². The van der Waals surface area contributed by atoms with E-state index < -0.39 is 5.97 Å². The Labute approximate surface area is 218 Å². The summed E-state index contributed by atoms with van der Waals surface area (Å²) in [5.41, 5.74) is 5.03. The van der Waals surface area contributed by atoms with Crippen molar-refractivity contribution in [3.8, 4) is 22.5 Å². The molecule has 0 radical (unpaired) electrons. The fourth-order valence-electron chi connectivity index (χ4n) is 3.91. The number of benzene rings is 1. The number of thiophene rings is 1. The summed E-state index contributed by atoms with van der Waals surface area (Å²) in [7, 11) is 1.34. The first-order valence-corrected chi connectivity index (χ1v) is 13.3. The van der Waals surface area contributed by atoms with Crippen LogP contribution in [0.1, 0.15) is 47.1 Å². The lowest BCUT2D eigenvalue weighted by Gasteiger charge is -2.13. The molecule has 0 aliphatic heterocycles. The van der Waals surface area contributed by atoms with Gasteiger partial charge in [0.25, 0.3) is 0 Å². The topological polar surface area (TPSA) is 99.2 Å². The van der Waals surface area contributed by atoms with E-state index >= 15 is 0 Å². The standard InChI is InChI=1S/C26H28N4O4S2/c1-14(2)30-23(18-9-10-34-17(18)5)28-29-26(30)36-13-21(31)27-24-22(25(32)33-6)20(12-35-24)19-11-15(3)7-8-16(19)4/h7-12,14H,13H2,1-6H3,(H,27,31). The number of aryl methyl sites for hydroxylation is 3. The fourth-order valence-corrected chi connectivity index (χ4v) is 5.74. The van der Waals surface area contributed by atoms with Gasteiger partial charge in [0.05, 0.1) is 24.7 Å². The zero-order valence-electron chi connectivity index (χ0n) is 21.0. The number of carbonyl (C=O) groups excluding carboxylic acids is 2. The molecule has 1 N–H and O–H groups in total. The van der Waals surface area contributed by atoms with Crippen LogP contribution in [-0.4, -0.2) is 39.5 Å². The third kappa shape index (κ3) is 5.10. The largest absolute Gasteiger partial charge is 0.469 e. The van der Waals surface area contributed by atoms with Gasteiger partial charge in [-0.05, 0) is 51.8 Å². The lowest BCUT2D eigenvalue weighted by atomic mass is 9.97. The number of aromatic nitrogens is 3. The van der Waals surface area contributed by atoms with Gasteiger partial charge in [-0.3, -0.25) is 9.36 Å². The summed E-state index contributed by atoms with van der Waals surface area (Å²) in [5, 5.41) is 14.5. The Balaban J connectivity index is 1.56. The molecule has 0 spiro atoms. The van der Waals surface area contributed by atoms with Crippen molar-refractivity contribution in [3.05, 3.63) is 58.4 Å². The molecule has 0 aliphatic rings. The molecule has 36 heavy (non-hydrogen) atoms. The molecule has 188 valence electrons. The van der Waals surface area contributed by atoms with Crippen molar-refractivity contribution >= 4 is 40.0 Å². The lowest BCUT2D eigenvalue weighted by molar-refractivity contribution is -0.113. The average molecular weight is 525 g/mol. The van der Waals surface area contributed by atoms with E-state index in [9.17, 15) is 9.59 Å². The van der Waals surface area contributed by atoms with Crippen LogP contribution in [0.15, 0.2) is 45.5 Å². The van der Waals surface area contributed by atoms with E-state index in [0.717, 1.165) is 33.6 Å². The van der Waals surface area contributed by atoms with Crippen molar-refractivity contribution in [3.63, 3.8) is 0 Å². The second-order valence-electron chi connectivity index (χ2n) is 8.66. The Bertz CT molecular complexity index is 1420. The molecule has 0 bridgehead atoms. The number of nitrogens with one attached hydrogen (secondary N) is 1. The molecule has 1 aromatic carbocycles. The summed E-state index contributed by atoms with van der Waals surface area (Å²) >= 11 is 2.60. The molecule has 0 fully saturated rings. The Morgan fingerprint density at radius 1 is 1.14 bits per heavy atom. The minimum Gasteiger partial charge on any atom is -0.469 e. The minimum absolute atomic E-state index is 0.0817. The van der Waals surface area contributed by atoms with E-state index in [-0.39, 0.29) is 17.7 Å². The smallest absolute Gasteiger partial charge is 0.341 e. The van der Waals surface area contributed by atoms with E-state index in [1.54, 1.807) is 6.26 Å². The number of esters is 1. The van der Waals surface area contributed by atoms with Crippen LogP contribution >= 0.6 is 23.1 Å². The third-order valence-corrected chi connectivity index (χ3v) is 7.57. The number of rotatable bonds is 8. The predicted molar refractivity (Wildman–Crippen MR) is 143 cm³/mol. The molecule has 1 amide bonds. The normalized spacial score (nSPS) is 11.2. The molecule has 3 heterocycles. The second-order valence-corrected chi connectivity index (χ2v) is 10.5. The van der Waals surface area contributed by atoms with Crippen LogP contribution < -0.4 is 5.32 Å². The van der Waals surface area contributed by atoms with Gasteiger partial charge in [0.1, 0.15) is 16.3 Å². The number of anilines is 1. The molecule has 0 unspecified atom stereocenters. The second kappa shape index (κ2) is 10.7. The van der Waals surface area contributed by atoms with Crippen molar-refractivity contribution in [2.24, 2.45) is 0 Å². The molecular formula is C26H28N4O4S2. The number of amides is 1. The molecule has 10 heteroatoms. The van der Waals surface area contributed by atoms with E-state index in [1.807, 2.05) is 68.8 Å². The van der Waals surface area contributed by atoms with E-state index in [2.05, 4.69) is 15.5 Å². The molecule has 0 aliphatic carbocycles. The van der Waals surface area contributed by atoms with Gasteiger partial charge >= 0.3 is 5.97 Å². The molecule has 4 rings (SSSR count). The molecule has 0 atom stereocenters. The van der Waals surface area contributed by atoms with Crippen molar-refractivity contribution in [1.29, 1.82) is 0 Å². The van der Waals surface area contributed by atoms with Crippen LogP contribution in [0.5, 0.6) is 0 Å². The summed E-state index contributed by atoms with van der Waals surface area (Å²) in [4.78, 5) is 25.6. The van der Waals surface area contributed by atoms with Crippen LogP contribution in [0.25, 0.3) is 22.5 Å². The quantitative estimate of drug-likeness (QED) is 0.214. The van der Waals surface area contributed by atoms with E-state index in [1.165, 1.54) is 30.2 Å². The van der Waals surface area contributed by atoms with Gasteiger partial charge in [0, 0.05) is 17.0 Å². The Morgan fingerprint density at radius 3 is 2.58 bits per heavy atom. The fraction of sp³-hybridized carbons (Fsp3) is 0.308. The van der Waals surface area contributed by atoms with Gasteiger partial charge in [-0.25, -0.2) is 4.79 Å². The van der Waals surface area contributed by atoms with E-state index in [4.69, 9.17) is 9.15 Å². The molecular weight excluding hydrogens is 496 g/mol. The summed E-state index contributed by atoms with van der Waals surface area (Å²) in [6.07, 6.45) is 1.62. The SMILES string of the molecule is COC(=O)c1c(-c2cc(C)ccc2C)csc1NC(=O)CSc1nnc(-c2ccoc2C)n1C(C)C. The van der Waals surface area contributed by atoms with Crippen LogP contribution in [0.2, 0.25) is 0 Å². The monoisotopic (exact) mass is 524 g/mol. The summed E-state index contributed by atoms with van der Waals surface area (Å²) in [6, 6.07) is 8.01. The van der Waals surface area contributed by atoms with Crippen molar-refractivity contribution < 1.29 is 18.7 Å². The van der Waals surface area contributed by atoms with Gasteiger partial charge in [-0.2, -0.15) is 0 Å². The number of furan rings is 1. The minimum atomic E-state index is -0.491. The maximum Gasteiger partial charge on any atom is 0.341 e. The molecule has 4 aromatic rings. The molecule has 0 saturated carbocycles. The number of methoxy groups -OCH3 is 1. The first-order chi connectivity index (χ1) is 17.2. The van der Waals surface area contributed by atoms with E-state index in [0.29, 0.717) is 21.5 Å². The summed E-state index contributed by atoms with van der Waals surface area (Å²) in [6.45, 7) is 9.95. The maximum atomic E-state index is 12.9. The first-order valence-electron chi connectivity index (χ1n) is 11.4. The van der Waals surface area contributed by atoms with Gasteiger partial charge in [0.15, 0.2) is 11.0 Å². The number of thioether (sulfide) groups is 1. The van der Waals surface area contributed by atoms with Crippen molar-refractivity contribution in [1.82, 2.24) is 14.8 Å². The van der Waals surface area contributed by atoms with Crippen molar-refractivity contribution in [2.75, 3.05) is 18.2 Å². The maximum absolute atomic E-state index is 12.9. The number of hydrogen-bond acceptors (Lipinski definition) is 8. The highest BCUT2D eigenvalue weighted by Gasteiger charge is 2.24. The average Bonchev–Trinajstić information content (AvgIpc) is 3.56. The van der Waals surface area contributed by atoms with Crippen LogP contribution in [0, 0.1) is 20.8 Å². The molecule has 8 nitrogen and oxygen atoms in total. The Morgan fingerprint density at radius 2 is 1.92 bits per heavy atom. The summed E-state index contributed by atoms with van der Waals surface area (Å²) < 4.78 is 12.5. The number of hydrogen-bond donors (Lipinski definition) is 1. The van der Waals surface area contributed by atoms with Crippen molar-refractivity contribution in [2.45, 2.75) is 45.8 Å². The number of carbonyl (C=O) groups is 2. The third-order valence-electron chi connectivity index (χ3n) is 5.73. The van der Waals surface area contributed by atoms with Gasteiger partial charge < -0.3 is 14.5 Å². The Kier molecular flexibility index (Phi) is 7.65. The molecule has 0 saturated heterocycles. The zero-order valence-corrected chi connectivity index (χ0v) is 22.7.